The van der Waals surface area contributed by atoms with Crippen LogP contribution in [0.4, 0.5) is 16.0 Å². The molecule has 2 unspecified atom stereocenters. The van der Waals surface area contributed by atoms with Gasteiger partial charge < -0.3 is 10.4 Å². The third kappa shape index (κ3) is 4.39. The van der Waals surface area contributed by atoms with Crippen LogP contribution < -0.4 is 5.32 Å². The van der Waals surface area contributed by atoms with Crippen LogP contribution in [0.1, 0.15) is 36.3 Å². The van der Waals surface area contributed by atoms with Gasteiger partial charge >= 0.3 is 0 Å². The smallest absolute Gasteiger partial charge is 0.248 e. The van der Waals surface area contributed by atoms with Gasteiger partial charge in [0.05, 0.1) is 6.04 Å². The number of rotatable bonds is 6. The molecule has 4 rings (SSSR count). The van der Waals surface area contributed by atoms with Crippen molar-refractivity contribution >= 4 is 23.3 Å². The molecular formula is C23H24FN5O2. The molecule has 3 aromatic rings. The predicted molar refractivity (Wildman–Crippen MR) is 116 cm³/mol. The summed E-state index contributed by atoms with van der Waals surface area (Å²) < 4.78 is 14.9. The summed E-state index contributed by atoms with van der Waals surface area (Å²) in [7, 11) is 0. The van der Waals surface area contributed by atoms with Crippen LogP contribution in [0.5, 0.6) is 0 Å². The quantitative estimate of drug-likeness (QED) is 0.636. The number of anilines is 1. The van der Waals surface area contributed by atoms with Gasteiger partial charge in [0.1, 0.15) is 11.7 Å². The average molecular weight is 421 g/mol. The number of aryl methyl sites for hydroxylation is 2. The number of aliphatic hydroxyl groups excluding tert-OH is 1. The lowest BCUT2D eigenvalue weighted by atomic mass is 9.87. The Morgan fingerprint density at radius 1 is 1.19 bits per heavy atom. The molecule has 0 fully saturated rings. The Kier molecular flexibility index (Phi) is 5.90. The van der Waals surface area contributed by atoms with Crippen LogP contribution in [0.25, 0.3) is 0 Å². The van der Waals surface area contributed by atoms with Crippen molar-refractivity contribution in [3.8, 4) is 0 Å². The summed E-state index contributed by atoms with van der Waals surface area (Å²) >= 11 is 0. The standard InChI is InChI=1S/C23H24FN5O2/c1-14-5-3-6-16(13-14)21-20(22(31)26-18-10-8-17(24)9-11-18)15(2)25-23-27-19(7-4-12-30)28-29(21)23/h3,5-6,8-11,13,20-21,30H,4,7,12H2,1-2H3,(H,26,31). The van der Waals surface area contributed by atoms with Crippen molar-refractivity contribution in [1.29, 1.82) is 0 Å². The number of halogens is 1. The van der Waals surface area contributed by atoms with Gasteiger partial charge in [0.15, 0.2) is 5.82 Å². The zero-order chi connectivity index (χ0) is 22.0. The van der Waals surface area contributed by atoms with Crippen LogP contribution in [0.15, 0.2) is 53.5 Å². The maximum Gasteiger partial charge on any atom is 0.248 e. The fourth-order valence-corrected chi connectivity index (χ4v) is 3.84. The number of hydrogen-bond acceptors (Lipinski definition) is 5. The summed E-state index contributed by atoms with van der Waals surface area (Å²) in [6, 6.07) is 13.2. The largest absolute Gasteiger partial charge is 0.396 e. The van der Waals surface area contributed by atoms with Gasteiger partial charge in [0, 0.05) is 24.4 Å². The Bertz CT molecular complexity index is 1120. The van der Waals surface area contributed by atoms with E-state index in [-0.39, 0.29) is 18.3 Å². The molecule has 0 spiro atoms. The SMILES string of the molecule is CC1=Nc2nc(CCCO)nn2C(c2cccc(C)c2)C1C(=O)Nc1ccc(F)cc1. The fraction of sp³-hybridized carbons (Fsp3) is 0.304. The first-order chi connectivity index (χ1) is 15.0. The third-order valence-corrected chi connectivity index (χ3v) is 5.30. The average Bonchev–Trinajstić information content (AvgIpc) is 3.15. The molecule has 2 heterocycles. The first-order valence-corrected chi connectivity index (χ1v) is 10.2. The van der Waals surface area contributed by atoms with Gasteiger partial charge in [-0.2, -0.15) is 10.1 Å². The summed E-state index contributed by atoms with van der Waals surface area (Å²) in [5, 5.41) is 16.6. The lowest BCUT2D eigenvalue weighted by Crippen LogP contribution is -2.39. The Labute approximate surface area is 179 Å². The topological polar surface area (TPSA) is 92.4 Å². The number of aromatic nitrogens is 3. The third-order valence-electron chi connectivity index (χ3n) is 5.30. The van der Waals surface area contributed by atoms with E-state index in [2.05, 4.69) is 20.4 Å². The van der Waals surface area contributed by atoms with Gasteiger partial charge in [-0.15, -0.1) is 0 Å². The highest BCUT2D eigenvalue weighted by Crippen LogP contribution is 2.36. The van der Waals surface area contributed by atoms with Crippen molar-refractivity contribution in [3.05, 3.63) is 71.3 Å². The maximum atomic E-state index is 13.3. The van der Waals surface area contributed by atoms with Crippen molar-refractivity contribution in [2.24, 2.45) is 10.9 Å². The number of carbonyl (C=O) groups is 1. The van der Waals surface area contributed by atoms with Gasteiger partial charge in [-0.05, 0) is 50.1 Å². The van der Waals surface area contributed by atoms with E-state index in [1.807, 2.05) is 38.1 Å². The highest BCUT2D eigenvalue weighted by Gasteiger charge is 2.39. The molecule has 2 N–H and O–H groups in total. The number of carbonyl (C=O) groups excluding carboxylic acids is 1. The Balaban J connectivity index is 1.74. The number of hydrogen-bond donors (Lipinski definition) is 2. The molecule has 2 aromatic carbocycles. The van der Waals surface area contributed by atoms with Crippen LogP contribution in [-0.4, -0.2) is 38.1 Å². The van der Waals surface area contributed by atoms with Crippen LogP contribution in [0.2, 0.25) is 0 Å². The van der Waals surface area contributed by atoms with Gasteiger partial charge in [0.2, 0.25) is 11.9 Å². The number of nitrogens with zero attached hydrogens (tertiary/aromatic N) is 4. The second kappa shape index (κ2) is 8.77. The minimum atomic E-state index is -0.619. The van der Waals surface area contributed by atoms with Crippen LogP contribution >= 0.6 is 0 Å². The summed E-state index contributed by atoms with van der Waals surface area (Å²) in [5.41, 5.74) is 3.13. The molecule has 8 heteroatoms. The Hall–Kier alpha value is -3.39. The molecule has 2 atom stereocenters. The maximum absolute atomic E-state index is 13.3. The Morgan fingerprint density at radius 2 is 1.97 bits per heavy atom. The zero-order valence-corrected chi connectivity index (χ0v) is 17.4. The van der Waals surface area contributed by atoms with Gasteiger partial charge in [-0.3, -0.25) is 4.79 Å². The van der Waals surface area contributed by atoms with Crippen molar-refractivity contribution in [2.75, 3.05) is 11.9 Å². The second-order valence-corrected chi connectivity index (χ2v) is 7.69. The highest BCUT2D eigenvalue weighted by molar-refractivity contribution is 6.10. The van der Waals surface area contributed by atoms with Crippen molar-refractivity contribution in [1.82, 2.24) is 14.8 Å². The lowest BCUT2D eigenvalue weighted by molar-refractivity contribution is -0.118. The number of nitrogens with one attached hydrogen (secondary N) is 1. The first kappa shape index (κ1) is 20.9. The lowest BCUT2D eigenvalue weighted by Gasteiger charge is -2.30. The minimum absolute atomic E-state index is 0.0518. The summed E-state index contributed by atoms with van der Waals surface area (Å²) in [5.74, 6) is -0.210. The monoisotopic (exact) mass is 421 g/mol. The van der Waals surface area contributed by atoms with Crippen LogP contribution in [-0.2, 0) is 11.2 Å². The molecule has 1 aliphatic rings. The molecule has 1 amide bonds. The van der Waals surface area contributed by atoms with E-state index >= 15 is 0 Å². The van der Waals surface area contributed by atoms with Gasteiger partial charge in [0.25, 0.3) is 0 Å². The predicted octanol–water partition coefficient (Wildman–Crippen LogP) is 3.60. The number of aliphatic hydroxyl groups is 1. The number of fused-ring (bicyclic) bond motifs is 1. The van der Waals surface area contributed by atoms with Gasteiger partial charge in [-0.25, -0.2) is 14.1 Å². The molecule has 0 saturated carbocycles. The molecule has 1 aliphatic heterocycles. The Morgan fingerprint density at radius 3 is 2.68 bits per heavy atom. The van der Waals surface area contributed by atoms with E-state index in [0.717, 1.165) is 11.1 Å². The zero-order valence-electron chi connectivity index (χ0n) is 17.4. The van der Waals surface area contributed by atoms with E-state index in [0.29, 0.717) is 36.0 Å². The van der Waals surface area contributed by atoms with Gasteiger partial charge in [-0.1, -0.05) is 29.8 Å². The molecule has 31 heavy (non-hydrogen) atoms. The number of benzene rings is 2. The number of amides is 1. The second-order valence-electron chi connectivity index (χ2n) is 7.69. The molecule has 0 saturated heterocycles. The molecule has 0 radical (unpaired) electrons. The van der Waals surface area contributed by atoms with E-state index in [9.17, 15) is 9.18 Å². The minimum Gasteiger partial charge on any atom is -0.396 e. The van der Waals surface area contributed by atoms with Crippen molar-refractivity contribution < 1.29 is 14.3 Å². The van der Waals surface area contributed by atoms with Crippen LogP contribution in [0, 0.1) is 18.7 Å². The molecule has 7 nitrogen and oxygen atoms in total. The number of aliphatic imine (C=N–C) groups is 1. The molecule has 160 valence electrons. The normalized spacial score (nSPS) is 17.7. The first-order valence-electron chi connectivity index (χ1n) is 10.2. The molecule has 1 aromatic heterocycles. The summed E-state index contributed by atoms with van der Waals surface area (Å²) in [6.45, 7) is 3.86. The molecule has 0 aliphatic carbocycles. The molecular weight excluding hydrogens is 397 g/mol. The summed E-state index contributed by atoms with van der Waals surface area (Å²) in [6.07, 6.45) is 1.08. The molecule has 0 bridgehead atoms. The van der Waals surface area contributed by atoms with Crippen molar-refractivity contribution in [3.63, 3.8) is 0 Å². The van der Waals surface area contributed by atoms with E-state index in [1.165, 1.54) is 24.3 Å². The highest BCUT2D eigenvalue weighted by atomic mass is 19.1. The fourth-order valence-electron chi connectivity index (χ4n) is 3.84. The summed E-state index contributed by atoms with van der Waals surface area (Å²) in [4.78, 5) is 22.4. The van der Waals surface area contributed by atoms with Crippen molar-refractivity contribution in [2.45, 2.75) is 32.7 Å². The van der Waals surface area contributed by atoms with E-state index < -0.39 is 12.0 Å². The van der Waals surface area contributed by atoms with E-state index in [1.54, 1.807) is 4.68 Å². The van der Waals surface area contributed by atoms with E-state index in [4.69, 9.17) is 5.11 Å². The van der Waals surface area contributed by atoms with Crippen LogP contribution in [0.3, 0.4) is 0 Å².